The average molecular weight is 220 g/mol. The summed E-state index contributed by atoms with van der Waals surface area (Å²) in [5, 5.41) is 2.39. The molecule has 0 aliphatic rings. The summed E-state index contributed by atoms with van der Waals surface area (Å²) in [5.74, 6) is -0.951. The number of pyridine rings is 1. The first-order valence-corrected chi connectivity index (χ1v) is 4.62. The van der Waals surface area contributed by atoms with Gasteiger partial charge in [-0.25, -0.2) is 4.79 Å². The minimum Gasteiger partial charge on any atom is -0.464 e. The summed E-state index contributed by atoms with van der Waals surface area (Å²) in [7, 11) is 1.25. The highest BCUT2D eigenvalue weighted by molar-refractivity contribution is 5.97. The molecule has 0 aliphatic heterocycles. The Labute approximate surface area is 93.1 Å². The van der Waals surface area contributed by atoms with Crippen LogP contribution in [0.15, 0.2) is 30.1 Å². The topological polar surface area (TPSA) is 68.3 Å². The summed E-state index contributed by atoms with van der Waals surface area (Å²) in [6.45, 7) is 1.31. The third kappa shape index (κ3) is 3.53. The molecule has 1 aromatic rings. The summed E-state index contributed by atoms with van der Waals surface area (Å²) in [4.78, 5) is 26.2. The molecule has 0 fully saturated rings. The van der Waals surface area contributed by atoms with Gasteiger partial charge in [0.25, 0.3) is 0 Å². The molecule has 16 heavy (non-hydrogen) atoms. The lowest BCUT2D eigenvalue weighted by atomic mass is 10.3. The van der Waals surface area contributed by atoms with E-state index in [0.29, 0.717) is 5.69 Å². The lowest BCUT2D eigenvalue weighted by Crippen LogP contribution is -2.25. The van der Waals surface area contributed by atoms with E-state index in [9.17, 15) is 9.59 Å². The van der Waals surface area contributed by atoms with Crippen molar-refractivity contribution in [1.82, 2.24) is 10.3 Å². The zero-order valence-corrected chi connectivity index (χ0v) is 9.06. The fourth-order valence-electron chi connectivity index (χ4n) is 1.05. The minimum absolute atomic E-state index is 0.0636. The molecule has 0 atom stereocenters. The molecule has 0 spiro atoms. The maximum atomic E-state index is 11.3. The van der Waals surface area contributed by atoms with Crippen LogP contribution in [0.1, 0.15) is 12.6 Å². The Morgan fingerprint density at radius 1 is 1.44 bits per heavy atom. The number of esters is 1. The molecule has 0 aliphatic carbocycles. The predicted octanol–water partition coefficient (Wildman–Crippen LogP) is 0.732. The van der Waals surface area contributed by atoms with Gasteiger partial charge in [0.2, 0.25) is 5.91 Å². The van der Waals surface area contributed by atoms with Crippen LogP contribution in [0.25, 0.3) is 6.08 Å². The smallest absolute Gasteiger partial charge is 0.354 e. The molecule has 1 heterocycles. The van der Waals surface area contributed by atoms with Crippen molar-refractivity contribution in [3.63, 3.8) is 0 Å². The number of hydrogen-bond acceptors (Lipinski definition) is 4. The Bertz CT molecular complexity index is 412. The Balaban J connectivity index is 2.96. The van der Waals surface area contributed by atoms with Crippen molar-refractivity contribution in [2.24, 2.45) is 0 Å². The molecule has 5 nitrogen and oxygen atoms in total. The van der Waals surface area contributed by atoms with Crippen LogP contribution in [-0.2, 0) is 14.3 Å². The van der Waals surface area contributed by atoms with E-state index in [2.05, 4.69) is 15.0 Å². The number of carbonyl (C=O) groups is 2. The van der Waals surface area contributed by atoms with Gasteiger partial charge in [-0.3, -0.25) is 9.78 Å². The molecule has 0 unspecified atom stereocenters. The summed E-state index contributed by atoms with van der Waals surface area (Å²) in [6.07, 6.45) is 3.04. The second-order valence-electron chi connectivity index (χ2n) is 2.99. The van der Waals surface area contributed by atoms with Crippen molar-refractivity contribution in [2.75, 3.05) is 7.11 Å². The van der Waals surface area contributed by atoms with Crippen molar-refractivity contribution in [3.05, 3.63) is 35.8 Å². The molecule has 0 saturated carbocycles. The molecule has 1 amide bonds. The zero-order chi connectivity index (χ0) is 12.0. The Hall–Kier alpha value is -2.17. The van der Waals surface area contributed by atoms with Crippen molar-refractivity contribution in [1.29, 1.82) is 0 Å². The van der Waals surface area contributed by atoms with Gasteiger partial charge in [0, 0.05) is 13.1 Å². The Kier molecular flexibility index (Phi) is 4.20. The third-order valence-electron chi connectivity index (χ3n) is 1.70. The normalized spacial score (nSPS) is 10.8. The van der Waals surface area contributed by atoms with Gasteiger partial charge in [0.1, 0.15) is 5.70 Å². The fraction of sp³-hybridized carbons (Fsp3) is 0.182. The van der Waals surface area contributed by atoms with Crippen LogP contribution in [0.2, 0.25) is 0 Å². The Morgan fingerprint density at radius 3 is 2.69 bits per heavy atom. The second kappa shape index (κ2) is 5.65. The zero-order valence-electron chi connectivity index (χ0n) is 9.06. The van der Waals surface area contributed by atoms with Gasteiger partial charge in [0.15, 0.2) is 0 Å². The summed E-state index contributed by atoms with van der Waals surface area (Å²) in [5.41, 5.74) is 0.630. The molecule has 0 bridgehead atoms. The van der Waals surface area contributed by atoms with E-state index >= 15 is 0 Å². The van der Waals surface area contributed by atoms with E-state index in [1.165, 1.54) is 20.1 Å². The van der Waals surface area contributed by atoms with E-state index in [4.69, 9.17) is 0 Å². The predicted molar refractivity (Wildman–Crippen MR) is 58.0 cm³/mol. The molecule has 0 radical (unpaired) electrons. The first kappa shape index (κ1) is 11.9. The summed E-state index contributed by atoms with van der Waals surface area (Å²) < 4.78 is 4.54. The average Bonchev–Trinajstić information content (AvgIpc) is 2.28. The second-order valence-corrected chi connectivity index (χ2v) is 2.99. The molecule has 84 valence electrons. The number of aromatic nitrogens is 1. The van der Waals surface area contributed by atoms with Gasteiger partial charge in [-0.1, -0.05) is 6.07 Å². The number of nitrogens with one attached hydrogen (secondary N) is 1. The molecule has 5 heteroatoms. The number of carbonyl (C=O) groups excluding carboxylic acids is 2. The van der Waals surface area contributed by atoms with Gasteiger partial charge in [-0.15, -0.1) is 0 Å². The number of methoxy groups -OCH3 is 1. The number of ether oxygens (including phenoxy) is 1. The van der Waals surface area contributed by atoms with Crippen LogP contribution in [-0.4, -0.2) is 24.0 Å². The van der Waals surface area contributed by atoms with Gasteiger partial charge in [-0.05, 0) is 18.2 Å². The quantitative estimate of drug-likeness (QED) is 0.602. The number of amides is 1. The van der Waals surface area contributed by atoms with Crippen LogP contribution in [0, 0.1) is 0 Å². The number of rotatable bonds is 3. The van der Waals surface area contributed by atoms with Crippen LogP contribution >= 0.6 is 0 Å². The molecule has 1 aromatic heterocycles. The van der Waals surface area contributed by atoms with E-state index in [1.54, 1.807) is 24.4 Å². The maximum Gasteiger partial charge on any atom is 0.354 e. The van der Waals surface area contributed by atoms with Crippen molar-refractivity contribution in [3.8, 4) is 0 Å². The van der Waals surface area contributed by atoms with Crippen LogP contribution in [0.4, 0.5) is 0 Å². The first-order valence-electron chi connectivity index (χ1n) is 4.62. The molecule has 0 aromatic carbocycles. The molecule has 0 saturated heterocycles. The van der Waals surface area contributed by atoms with E-state index in [1.807, 2.05) is 0 Å². The lowest BCUT2D eigenvalue weighted by molar-refractivity contribution is -0.137. The molecular weight excluding hydrogens is 208 g/mol. The molecular formula is C11H12N2O3. The van der Waals surface area contributed by atoms with E-state index in [0.717, 1.165) is 0 Å². The fourth-order valence-corrected chi connectivity index (χ4v) is 1.05. The van der Waals surface area contributed by atoms with Gasteiger partial charge >= 0.3 is 5.97 Å². The lowest BCUT2D eigenvalue weighted by Gasteiger charge is -2.05. The first-order chi connectivity index (χ1) is 7.63. The van der Waals surface area contributed by atoms with Crippen LogP contribution in [0.3, 0.4) is 0 Å². The van der Waals surface area contributed by atoms with Gasteiger partial charge in [-0.2, -0.15) is 0 Å². The standard InChI is InChI=1S/C11H12N2O3/c1-8(14)13-10(11(15)16-2)7-9-5-3-4-6-12-9/h3-7H,1-2H3,(H,13,14). The minimum atomic E-state index is -0.610. The highest BCUT2D eigenvalue weighted by atomic mass is 16.5. The monoisotopic (exact) mass is 220 g/mol. The number of nitrogens with zero attached hydrogens (tertiary/aromatic N) is 1. The van der Waals surface area contributed by atoms with Gasteiger partial charge in [0.05, 0.1) is 12.8 Å². The van der Waals surface area contributed by atoms with E-state index in [-0.39, 0.29) is 11.6 Å². The molecule has 1 N–H and O–H groups in total. The van der Waals surface area contributed by atoms with Gasteiger partial charge < -0.3 is 10.1 Å². The summed E-state index contributed by atoms with van der Waals surface area (Å²) in [6, 6.07) is 5.25. The van der Waals surface area contributed by atoms with Crippen molar-refractivity contribution < 1.29 is 14.3 Å². The molecule has 1 rings (SSSR count). The third-order valence-corrected chi connectivity index (χ3v) is 1.70. The van der Waals surface area contributed by atoms with Crippen LogP contribution in [0.5, 0.6) is 0 Å². The van der Waals surface area contributed by atoms with Crippen molar-refractivity contribution in [2.45, 2.75) is 6.92 Å². The largest absolute Gasteiger partial charge is 0.464 e. The highest BCUT2D eigenvalue weighted by Gasteiger charge is 2.10. The van der Waals surface area contributed by atoms with E-state index < -0.39 is 5.97 Å². The summed E-state index contributed by atoms with van der Waals surface area (Å²) >= 11 is 0. The van der Waals surface area contributed by atoms with Crippen LogP contribution < -0.4 is 5.32 Å². The maximum absolute atomic E-state index is 11.3. The Morgan fingerprint density at radius 2 is 2.19 bits per heavy atom. The highest BCUT2D eigenvalue weighted by Crippen LogP contribution is 2.02. The SMILES string of the molecule is COC(=O)C(=Cc1ccccn1)NC(C)=O. The van der Waals surface area contributed by atoms with Crippen molar-refractivity contribution >= 4 is 18.0 Å². The number of hydrogen-bond donors (Lipinski definition) is 1.